The minimum atomic E-state index is -0.724. The van der Waals surface area contributed by atoms with Crippen molar-refractivity contribution in [2.24, 2.45) is 0 Å². The zero-order chi connectivity index (χ0) is 16.9. The predicted molar refractivity (Wildman–Crippen MR) is 97.9 cm³/mol. The number of halogens is 1. The Morgan fingerprint density at radius 2 is 1.88 bits per heavy atom. The first-order valence-corrected chi connectivity index (χ1v) is 9.01. The molecule has 124 valence electrons. The summed E-state index contributed by atoms with van der Waals surface area (Å²) in [6.07, 6.45) is -0.724. The Kier molecular flexibility index (Phi) is 5.37. The first-order chi connectivity index (χ1) is 11.7. The standard InChI is InChI=1S/C18H15BrO4S/c1-2-21-18(20)23-17-16(14-5-3-4-6-15(14)24-17)22-11-12-7-9-13(19)10-8-12/h3-10H,2,11H2,1H3. The minimum Gasteiger partial charge on any atom is -0.483 e. The fourth-order valence-corrected chi connectivity index (χ4v) is 3.42. The molecule has 1 aromatic heterocycles. The molecule has 0 unspecified atom stereocenters. The van der Waals surface area contributed by atoms with Crippen LogP contribution in [0.4, 0.5) is 4.79 Å². The number of ether oxygens (including phenoxy) is 3. The van der Waals surface area contributed by atoms with E-state index in [9.17, 15) is 4.79 Å². The average Bonchev–Trinajstić information content (AvgIpc) is 2.92. The van der Waals surface area contributed by atoms with E-state index in [0.717, 1.165) is 20.1 Å². The Hall–Kier alpha value is -2.05. The molecule has 6 heteroatoms. The Balaban J connectivity index is 1.86. The third kappa shape index (κ3) is 3.88. The maximum Gasteiger partial charge on any atom is 0.514 e. The van der Waals surface area contributed by atoms with Gasteiger partial charge < -0.3 is 14.2 Å². The molecule has 0 radical (unpaired) electrons. The average molecular weight is 407 g/mol. The first kappa shape index (κ1) is 16.8. The highest BCUT2D eigenvalue weighted by atomic mass is 79.9. The van der Waals surface area contributed by atoms with Crippen LogP contribution in [-0.4, -0.2) is 12.8 Å². The number of fused-ring (bicyclic) bond motifs is 1. The first-order valence-electron chi connectivity index (χ1n) is 7.40. The van der Waals surface area contributed by atoms with Crippen LogP contribution in [-0.2, 0) is 11.3 Å². The SMILES string of the molecule is CCOC(=O)Oc1sc2ccccc2c1OCc1ccc(Br)cc1. The van der Waals surface area contributed by atoms with Crippen LogP contribution >= 0.6 is 27.3 Å². The molecule has 0 aliphatic carbocycles. The smallest absolute Gasteiger partial charge is 0.483 e. The lowest BCUT2D eigenvalue weighted by molar-refractivity contribution is 0.104. The lowest BCUT2D eigenvalue weighted by Crippen LogP contribution is -2.10. The number of rotatable bonds is 5. The normalized spacial score (nSPS) is 10.6. The number of hydrogen-bond donors (Lipinski definition) is 0. The van der Waals surface area contributed by atoms with Crippen molar-refractivity contribution in [3.8, 4) is 10.8 Å². The van der Waals surface area contributed by atoms with Crippen LogP contribution in [0.2, 0.25) is 0 Å². The van der Waals surface area contributed by atoms with Crippen molar-refractivity contribution in [1.82, 2.24) is 0 Å². The van der Waals surface area contributed by atoms with Crippen LogP contribution in [0, 0.1) is 0 Å². The van der Waals surface area contributed by atoms with E-state index in [4.69, 9.17) is 14.2 Å². The number of hydrogen-bond acceptors (Lipinski definition) is 5. The molecule has 0 atom stereocenters. The number of thiophene rings is 1. The fourth-order valence-electron chi connectivity index (χ4n) is 2.16. The third-order valence-electron chi connectivity index (χ3n) is 3.25. The summed E-state index contributed by atoms with van der Waals surface area (Å²) in [4.78, 5) is 11.7. The molecule has 0 N–H and O–H groups in total. The Labute approximate surface area is 152 Å². The quantitative estimate of drug-likeness (QED) is 0.503. The fraction of sp³-hybridized carbons (Fsp3) is 0.167. The van der Waals surface area contributed by atoms with Crippen molar-refractivity contribution in [2.45, 2.75) is 13.5 Å². The highest BCUT2D eigenvalue weighted by Gasteiger charge is 2.18. The van der Waals surface area contributed by atoms with Gasteiger partial charge in [0, 0.05) is 14.6 Å². The number of benzene rings is 2. The van der Waals surface area contributed by atoms with E-state index >= 15 is 0 Å². The highest BCUT2D eigenvalue weighted by molar-refractivity contribution is 9.10. The lowest BCUT2D eigenvalue weighted by atomic mass is 10.2. The second-order valence-corrected chi connectivity index (χ2v) is 6.85. The van der Waals surface area contributed by atoms with Crippen LogP contribution in [0.25, 0.3) is 10.1 Å². The largest absolute Gasteiger partial charge is 0.514 e. The molecule has 3 rings (SSSR count). The van der Waals surface area contributed by atoms with Gasteiger partial charge in [0.1, 0.15) is 6.61 Å². The molecule has 4 nitrogen and oxygen atoms in total. The number of carbonyl (C=O) groups excluding carboxylic acids is 1. The second-order valence-electron chi connectivity index (χ2n) is 4.92. The minimum absolute atomic E-state index is 0.263. The van der Waals surface area contributed by atoms with Crippen molar-refractivity contribution in [2.75, 3.05) is 6.61 Å². The second kappa shape index (κ2) is 7.68. The molecular formula is C18H15BrO4S. The van der Waals surface area contributed by atoms with Crippen LogP contribution in [0.5, 0.6) is 10.8 Å². The van der Waals surface area contributed by atoms with E-state index in [2.05, 4.69) is 15.9 Å². The van der Waals surface area contributed by atoms with Crippen LogP contribution < -0.4 is 9.47 Å². The summed E-state index contributed by atoms with van der Waals surface area (Å²) in [5, 5.41) is 1.32. The van der Waals surface area contributed by atoms with Crippen molar-refractivity contribution in [1.29, 1.82) is 0 Å². The van der Waals surface area contributed by atoms with Crippen LogP contribution in [0.15, 0.2) is 53.0 Å². The molecule has 2 aromatic carbocycles. The molecule has 0 spiro atoms. The van der Waals surface area contributed by atoms with E-state index < -0.39 is 6.16 Å². The van der Waals surface area contributed by atoms with E-state index in [0.29, 0.717) is 17.4 Å². The van der Waals surface area contributed by atoms with Crippen molar-refractivity contribution in [3.63, 3.8) is 0 Å². The maximum atomic E-state index is 11.7. The Morgan fingerprint density at radius 3 is 2.62 bits per heavy atom. The van der Waals surface area contributed by atoms with Gasteiger partial charge in [0.25, 0.3) is 0 Å². The monoisotopic (exact) mass is 406 g/mol. The van der Waals surface area contributed by atoms with Gasteiger partial charge in [0.2, 0.25) is 5.06 Å². The zero-order valence-electron chi connectivity index (χ0n) is 13.0. The van der Waals surface area contributed by atoms with Gasteiger partial charge in [-0.05, 0) is 36.8 Å². The summed E-state index contributed by atoms with van der Waals surface area (Å²) < 4.78 is 18.1. The maximum absolute atomic E-state index is 11.7. The molecule has 0 fully saturated rings. The summed E-state index contributed by atoms with van der Waals surface area (Å²) in [6, 6.07) is 15.6. The van der Waals surface area contributed by atoms with E-state index in [-0.39, 0.29) is 6.61 Å². The predicted octanol–water partition coefficient (Wildman–Crippen LogP) is 5.78. The van der Waals surface area contributed by atoms with Crippen molar-refractivity contribution < 1.29 is 19.0 Å². The van der Waals surface area contributed by atoms with Gasteiger partial charge in [0.05, 0.1) is 6.61 Å². The van der Waals surface area contributed by atoms with Gasteiger partial charge in [-0.1, -0.05) is 51.5 Å². The van der Waals surface area contributed by atoms with Gasteiger partial charge in [-0.3, -0.25) is 0 Å². The summed E-state index contributed by atoms with van der Waals surface area (Å²) in [5.41, 5.74) is 1.02. The van der Waals surface area contributed by atoms with Gasteiger partial charge in [-0.15, -0.1) is 0 Å². The summed E-state index contributed by atoms with van der Waals surface area (Å²) in [5.74, 6) is 0.562. The Morgan fingerprint density at radius 1 is 1.12 bits per heavy atom. The van der Waals surface area contributed by atoms with E-state index in [1.165, 1.54) is 11.3 Å². The highest BCUT2D eigenvalue weighted by Crippen LogP contribution is 2.44. The topological polar surface area (TPSA) is 44.8 Å². The van der Waals surface area contributed by atoms with Gasteiger partial charge >= 0.3 is 6.16 Å². The van der Waals surface area contributed by atoms with E-state index in [1.807, 2.05) is 48.5 Å². The molecule has 1 heterocycles. The summed E-state index contributed by atoms with van der Waals surface area (Å²) in [7, 11) is 0. The van der Waals surface area contributed by atoms with Crippen LogP contribution in [0.1, 0.15) is 12.5 Å². The summed E-state index contributed by atoms with van der Waals surface area (Å²) in [6.45, 7) is 2.38. The molecular weight excluding hydrogens is 392 g/mol. The Bertz CT molecular complexity index is 842. The molecule has 0 bridgehead atoms. The third-order valence-corrected chi connectivity index (χ3v) is 4.81. The van der Waals surface area contributed by atoms with Crippen molar-refractivity contribution in [3.05, 3.63) is 58.6 Å². The zero-order valence-corrected chi connectivity index (χ0v) is 15.4. The molecule has 24 heavy (non-hydrogen) atoms. The van der Waals surface area contributed by atoms with Crippen LogP contribution in [0.3, 0.4) is 0 Å². The molecule has 0 aliphatic heterocycles. The number of carbonyl (C=O) groups is 1. The molecule has 0 saturated carbocycles. The van der Waals surface area contributed by atoms with Crippen molar-refractivity contribution >= 4 is 43.5 Å². The molecule has 0 aliphatic rings. The van der Waals surface area contributed by atoms with Gasteiger partial charge in [-0.25, -0.2) is 4.79 Å². The van der Waals surface area contributed by atoms with E-state index in [1.54, 1.807) is 6.92 Å². The molecule has 0 amide bonds. The van der Waals surface area contributed by atoms with Gasteiger partial charge in [-0.2, -0.15) is 0 Å². The van der Waals surface area contributed by atoms with Gasteiger partial charge in [0.15, 0.2) is 5.75 Å². The lowest BCUT2D eigenvalue weighted by Gasteiger charge is -2.08. The molecule has 0 saturated heterocycles. The molecule has 3 aromatic rings. The summed E-state index contributed by atoms with van der Waals surface area (Å²) >= 11 is 4.77.